The highest BCUT2D eigenvalue weighted by atomic mass is 35.5. The Hall–Kier alpha value is -3.31. The van der Waals surface area contributed by atoms with E-state index < -0.39 is 0 Å². The van der Waals surface area contributed by atoms with Crippen LogP contribution in [-0.2, 0) is 0 Å². The normalized spacial score (nSPS) is 12.0. The minimum atomic E-state index is -0.313. The molecule has 3 aromatic carbocycles. The van der Waals surface area contributed by atoms with Gasteiger partial charge in [0.25, 0.3) is 5.91 Å². The molecule has 0 radical (unpaired) electrons. The van der Waals surface area contributed by atoms with Crippen molar-refractivity contribution in [2.24, 2.45) is 0 Å². The average molecular weight is 435 g/mol. The maximum Gasteiger partial charge on any atom is 0.259 e. The van der Waals surface area contributed by atoms with Crippen molar-refractivity contribution < 1.29 is 13.9 Å². The van der Waals surface area contributed by atoms with E-state index in [2.05, 4.69) is 36.3 Å². The molecule has 0 aliphatic heterocycles. The van der Waals surface area contributed by atoms with Gasteiger partial charge in [-0.15, -0.1) is 0 Å². The van der Waals surface area contributed by atoms with Gasteiger partial charge in [0.2, 0.25) is 5.89 Å². The van der Waals surface area contributed by atoms with Gasteiger partial charge in [-0.05, 0) is 60.4 Å². The molecule has 31 heavy (non-hydrogen) atoms. The topological polar surface area (TPSA) is 64.4 Å². The molecule has 1 unspecified atom stereocenters. The van der Waals surface area contributed by atoms with Gasteiger partial charge in [-0.2, -0.15) is 0 Å². The number of rotatable bonds is 6. The summed E-state index contributed by atoms with van der Waals surface area (Å²) in [6, 6.07) is 18.4. The number of carbonyl (C=O) groups excluding carboxylic acids is 1. The minimum Gasteiger partial charge on any atom is -0.496 e. The van der Waals surface area contributed by atoms with Crippen LogP contribution in [-0.4, -0.2) is 18.0 Å². The summed E-state index contributed by atoms with van der Waals surface area (Å²) in [5, 5.41) is 3.28. The first-order valence-electron chi connectivity index (χ1n) is 10.1. The van der Waals surface area contributed by atoms with E-state index in [-0.39, 0.29) is 5.91 Å². The molecule has 0 spiro atoms. The van der Waals surface area contributed by atoms with Gasteiger partial charge < -0.3 is 14.5 Å². The van der Waals surface area contributed by atoms with Crippen molar-refractivity contribution in [2.45, 2.75) is 26.2 Å². The predicted octanol–water partition coefficient (Wildman–Crippen LogP) is 6.92. The van der Waals surface area contributed by atoms with E-state index in [1.807, 2.05) is 18.2 Å². The number of benzene rings is 3. The average Bonchev–Trinajstić information content (AvgIpc) is 3.23. The fourth-order valence-corrected chi connectivity index (χ4v) is 3.55. The largest absolute Gasteiger partial charge is 0.496 e. The fraction of sp³-hybridized carbons (Fsp3) is 0.200. The highest BCUT2D eigenvalue weighted by Gasteiger charge is 2.16. The number of aromatic nitrogens is 1. The van der Waals surface area contributed by atoms with E-state index in [1.165, 1.54) is 12.7 Å². The highest BCUT2D eigenvalue weighted by Crippen LogP contribution is 2.32. The molecular formula is C25H23ClN2O3. The Morgan fingerprint density at radius 2 is 1.97 bits per heavy atom. The lowest BCUT2D eigenvalue weighted by Crippen LogP contribution is -2.13. The van der Waals surface area contributed by atoms with E-state index in [9.17, 15) is 4.79 Å². The number of oxazole rings is 1. The standard InChI is InChI=1S/C25H23ClN2O3/c1-4-15(2)16-10-12-23-21(13-16)28-25(31-23)17-9-11-19(26)20(14-17)27-24(29)18-7-5-6-8-22(18)30-3/h5-15H,4H2,1-3H3,(H,27,29). The number of anilines is 1. The smallest absolute Gasteiger partial charge is 0.259 e. The monoisotopic (exact) mass is 434 g/mol. The number of para-hydroxylation sites is 1. The van der Waals surface area contributed by atoms with Crippen LogP contribution in [0.15, 0.2) is 65.1 Å². The van der Waals surface area contributed by atoms with E-state index in [0.29, 0.717) is 33.8 Å². The third kappa shape index (κ3) is 4.28. The maximum absolute atomic E-state index is 12.8. The Labute approximate surface area is 186 Å². The van der Waals surface area contributed by atoms with Gasteiger partial charge in [-0.1, -0.05) is 43.6 Å². The summed E-state index contributed by atoms with van der Waals surface area (Å²) < 4.78 is 11.2. The summed E-state index contributed by atoms with van der Waals surface area (Å²) in [5.74, 6) is 1.10. The molecule has 1 heterocycles. The number of nitrogens with one attached hydrogen (secondary N) is 1. The molecule has 0 bridgehead atoms. The second kappa shape index (κ2) is 8.82. The van der Waals surface area contributed by atoms with Gasteiger partial charge in [0, 0.05) is 5.56 Å². The van der Waals surface area contributed by atoms with Crippen LogP contribution in [0.4, 0.5) is 5.69 Å². The molecule has 1 amide bonds. The van der Waals surface area contributed by atoms with Gasteiger partial charge in [0.1, 0.15) is 11.3 Å². The summed E-state index contributed by atoms with van der Waals surface area (Å²) in [5.41, 5.74) is 4.37. The van der Waals surface area contributed by atoms with Gasteiger partial charge in [-0.3, -0.25) is 4.79 Å². The SMILES string of the molecule is CCC(C)c1ccc2oc(-c3ccc(Cl)c(NC(=O)c4ccccc4OC)c3)nc2c1. The second-order valence-electron chi connectivity index (χ2n) is 7.40. The molecule has 158 valence electrons. The van der Waals surface area contributed by atoms with Crippen LogP contribution in [0.1, 0.15) is 42.1 Å². The molecule has 0 saturated heterocycles. The van der Waals surface area contributed by atoms with Crippen molar-refractivity contribution in [3.8, 4) is 17.2 Å². The molecule has 6 heteroatoms. The minimum absolute atomic E-state index is 0.313. The lowest BCUT2D eigenvalue weighted by molar-refractivity contribution is 0.102. The molecule has 4 aromatic rings. The van der Waals surface area contributed by atoms with Crippen LogP contribution in [0.3, 0.4) is 0 Å². The fourth-order valence-electron chi connectivity index (χ4n) is 3.39. The molecule has 1 atom stereocenters. The molecule has 0 saturated carbocycles. The lowest BCUT2D eigenvalue weighted by Gasteiger charge is -2.11. The first-order valence-corrected chi connectivity index (χ1v) is 10.5. The third-order valence-corrected chi connectivity index (χ3v) is 5.74. The van der Waals surface area contributed by atoms with Crippen molar-refractivity contribution in [3.05, 3.63) is 76.8 Å². The van der Waals surface area contributed by atoms with E-state index in [1.54, 1.807) is 30.3 Å². The summed E-state index contributed by atoms with van der Waals surface area (Å²) in [7, 11) is 1.53. The molecule has 1 aromatic heterocycles. The number of hydrogen-bond donors (Lipinski definition) is 1. The summed E-state index contributed by atoms with van der Waals surface area (Å²) in [6.45, 7) is 4.36. The summed E-state index contributed by atoms with van der Waals surface area (Å²) >= 11 is 6.34. The van der Waals surface area contributed by atoms with Crippen LogP contribution >= 0.6 is 11.6 Å². The Balaban J connectivity index is 1.65. The first kappa shape index (κ1) is 20.9. The van der Waals surface area contributed by atoms with Crippen LogP contribution in [0.25, 0.3) is 22.6 Å². The zero-order chi connectivity index (χ0) is 22.0. The quantitative estimate of drug-likeness (QED) is 0.357. The van der Waals surface area contributed by atoms with E-state index >= 15 is 0 Å². The molecule has 0 aliphatic carbocycles. The van der Waals surface area contributed by atoms with Crippen LogP contribution in [0.2, 0.25) is 5.02 Å². The zero-order valence-corrected chi connectivity index (χ0v) is 18.4. The number of hydrogen-bond acceptors (Lipinski definition) is 4. The predicted molar refractivity (Wildman–Crippen MR) is 124 cm³/mol. The van der Waals surface area contributed by atoms with Crippen molar-refractivity contribution >= 4 is 34.3 Å². The molecule has 5 nitrogen and oxygen atoms in total. The van der Waals surface area contributed by atoms with Gasteiger partial charge in [0.05, 0.1) is 23.4 Å². The van der Waals surface area contributed by atoms with Crippen LogP contribution in [0.5, 0.6) is 5.75 Å². The number of amides is 1. The molecule has 0 aliphatic rings. The number of methoxy groups -OCH3 is 1. The molecular weight excluding hydrogens is 412 g/mol. The first-order chi connectivity index (χ1) is 15.0. The number of nitrogens with zero attached hydrogens (tertiary/aromatic N) is 1. The Morgan fingerprint density at radius 3 is 2.74 bits per heavy atom. The van der Waals surface area contributed by atoms with E-state index in [4.69, 9.17) is 20.8 Å². The van der Waals surface area contributed by atoms with Crippen LogP contribution in [0, 0.1) is 0 Å². The molecule has 1 N–H and O–H groups in total. The third-order valence-electron chi connectivity index (χ3n) is 5.41. The van der Waals surface area contributed by atoms with E-state index in [0.717, 1.165) is 23.1 Å². The molecule has 0 fully saturated rings. The van der Waals surface area contributed by atoms with Crippen molar-refractivity contribution in [1.29, 1.82) is 0 Å². The Morgan fingerprint density at radius 1 is 1.16 bits per heavy atom. The summed E-state index contributed by atoms with van der Waals surface area (Å²) in [4.78, 5) is 17.4. The number of ether oxygens (including phenoxy) is 1. The molecule has 4 rings (SSSR count). The number of halogens is 1. The Kier molecular flexibility index (Phi) is 5.96. The highest BCUT2D eigenvalue weighted by molar-refractivity contribution is 6.34. The maximum atomic E-state index is 12.8. The summed E-state index contributed by atoms with van der Waals surface area (Å²) in [6.07, 6.45) is 1.06. The van der Waals surface area contributed by atoms with Gasteiger partial charge in [0.15, 0.2) is 5.58 Å². The Bertz CT molecular complexity index is 1250. The van der Waals surface area contributed by atoms with Crippen molar-refractivity contribution in [1.82, 2.24) is 4.98 Å². The van der Waals surface area contributed by atoms with Gasteiger partial charge in [-0.25, -0.2) is 4.98 Å². The van der Waals surface area contributed by atoms with Crippen molar-refractivity contribution in [2.75, 3.05) is 12.4 Å². The number of fused-ring (bicyclic) bond motifs is 1. The van der Waals surface area contributed by atoms with Crippen molar-refractivity contribution in [3.63, 3.8) is 0 Å². The lowest BCUT2D eigenvalue weighted by atomic mass is 9.98. The van der Waals surface area contributed by atoms with Gasteiger partial charge >= 0.3 is 0 Å². The zero-order valence-electron chi connectivity index (χ0n) is 17.6. The number of carbonyl (C=O) groups is 1. The second-order valence-corrected chi connectivity index (χ2v) is 7.81. The van der Waals surface area contributed by atoms with Crippen LogP contribution < -0.4 is 10.1 Å².